The van der Waals surface area contributed by atoms with Crippen LogP contribution in [0.2, 0.25) is 0 Å². The molecule has 0 radical (unpaired) electrons. The molecule has 1 atom stereocenters. The molecule has 1 heterocycles. The Morgan fingerprint density at radius 3 is 2.70 bits per heavy atom. The van der Waals surface area contributed by atoms with Gasteiger partial charge in [0.2, 0.25) is 0 Å². The van der Waals surface area contributed by atoms with Gasteiger partial charge < -0.3 is 11.1 Å². The smallest absolute Gasteiger partial charge is 0.251 e. The highest BCUT2D eigenvalue weighted by atomic mass is 32.1. The minimum absolute atomic E-state index is 0.0699. The van der Waals surface area contributed by atoms with E-state index in [0.717, 1.165) is 17.4 Å². The molecule has 0 aliphatic heterocycles. The summed E-state index contributed by atoms with van der Waals surface area (Å²) >= 11 is 1.54. The predicted octanol–water partition coefficient (Wildman–Crippen LogP) is 3.69. The summed E-state index contributed by atoms with van der Waals surface area (Å²) in [5.74, 6) is -2.62. The lowest BCUT2D eigenvalue weighted by molar-refractivity contribution is 0.0996. The van der Waals surface area contributed by atoms with E-state index < -0.39 is 17.5 Å². The van der Waals surface area contributed by atoms with Gasteiger partial charge in [0.25, 0.3) is 5.91 Å². The fraction of sp³-hybridized carbons (Fsp3) is 0.214. The van der Waals surface area contributed by atoms with E-state index in [1.807, 2.05) is 24.4 Å². The fourth-order valence-electron chi connectivity index (χ4n) is 1.90. The summed E-state index contributed by atoms with van der Waals surface area (Å²) in [6, 6.07) is 5.52. The maximum atomic E-state index is 13.8. The Labute approximate surface area is 119 Å². The van der Waals surface area contributed by atoms with Gasteiger partial charge in [0.1, 0.15) is 11.6 Å². The molecule has 2 rings (SSSR count). The van der Waals surface area contributed by atoms with Crippen LogP contribution >= 0.6 is 11.3 Å². The van der Waals surface area contributed by atoms with Crippen molar-refractivity contribution in [3.63, 3.8) is 0 Å². The number of amides is 1. The van der Waals surface area contributed by atoms with E-state index in [4.69, 9.17) is 5.73 Å². The third-order valence-electron chi connectivity index (χ3n) is 2.95. The number of benzene rings is 1. The second kappa shape index (κ2) is 6.00. The highest BCUT2D eigenvalue weighted by Gasteiger charge is 2.17. The molecule has 0 aliphatic carbocycles. The molecule has 1 aromatic heterocycles. The summed E-state index contributed by atoms with van der Waals surface area (Å²) in [6.07, 6.45) is 0.725. The van der Waals surface area contributed by atoms with Crippen molar-refractivity contribution in [3.8, 4) is 0 Å². The van der Waals surface area contributed by atoms with E-state index in [2.05, 4.69) is 5.32 Å². The Morgan fingerprint density at radius 1 is 1.40 bits per heavy atom. The van der Waals surface area contributed by atoms with E-state index in [-0.39, 0.29) is 17.3 Å². The molecule has 1 unspecified atom stereocenters. The van der Waals surface area contributed by atoms with Crippen molar-refractivity contribution < 1.29 is 13.6 Å². The number of rotatable bonds is 5. The van der Waals surface area contributed by atoms with Crippen molar-refractivity contribution in [1.82, 2.24) is 0 Å². The monoisotopic (exact) mass is 296 g/mol. The number of nitrogens with one attached hydrogen (secondary N) is 1. The standard InChI is InChI=1S/C14H14F2N2OS/c1-2-11(13-4-3-5-20-13)18-12-6-8(14(17)19)9(15)7-10(12)16/h3-7,11,18H,2H2,1H3,(H2,17,19). The Kier molecular flexibility index (Phi) is 4.34. The Bertz CT molecular complexity index is 614. The van der Waals surface area contributed by atoms with E-state index in [0.29, 0.717) is 6.07 Å². The van der Waals surface area contributed by atoms with Crippen LogP contribution in [0.4, 0.5) is 14.5 Å². The van der Waals surface area contributed by atoms with E-state index in [1.165, 1.54) is 0 Å². The number of carbonyl (C=O) groups excluding carboxylic acids is 1. The lowest BCUT2D eigenvalue weighted by Gasteiger charge is -2.18. The zero-order valence-corrected chi connectivity index (χ0v) is 11.6. The zero-order valence-electron chi connectivity index (χ0n) is 10.8. The molecular weight excluding hydrogens is 282 g/mol. The van der Waals surface area contributed by atoms with Gasteiger partial charge in [0.05, 0.1) is 17.3 Å². The summed E-state index contributed by atoms with van der Waals surface area (Å²) in [6.45, 7) is 1.95. The van der Waals surface area contributed by atoms with E-state index >= 15 is 0 Å². The van der Waals surface area contributed by atoms with Crippen molar-refractivity contribution in [2.45, 2.75) is 19.4 Å². The first-order valence-electron chi connectivity index (χ1n) is 6.11. The number of halogens is 2. The van der Waals surface area contributed by atoms with Gasteiger partial charge in [0.15, 0.2) is 0 Å². The fourth-order valence-corrected chi connectivity index (χ4v) is 2.76. The topological polar surface area (TPSA) is 55.1 Å². The van der Waals surface area contributed by atoms with Crippen LogP contribution in [0.5, 0.6) is 0 Å². The molecule has 0 bridgehead atoms. The van der Waals surface area contributed by atoms with Crippen LogP contribution in [0.3, 0.4) is 0 Å². The Morgan fingerprint density at radius 2 is 2.15 bits per heavy atom. The minimum atomic E-state index is -0.954. The lowest BCUT2D eigenvalue weighted by atomic mass is 10.1. The van der Waals surface area contributed by atoms with Gasteiger partial charge in [-0.3, -0.25) is 4.79 Å². The number of hydrogen-bond donors (Lipinski definition) is 2. The quantitative estimate of drug-likeness (QED) is 0.884. The molecule has 3 nitrogen and oxygen atoms in total. The lowest BCUT2D eigenvalue weighted by Crippen LogP contribution is -2.16. The van der Waals surface area contributed by atoms with E-state index in [1.54, 1.807) is 11.3 Å². The highest BCUT2D eigenvalue weighted by molar-refractivity contribution is 7.10. The van der Waals surface area contributed by atoms with Gasteiger partial charge in [-0.25, -0.2) is 8.78 Å². The molecule has 20 heavy (non-hydrogen) atoms. The molecular formula is C14H14F2N2OS. The van der Waals surface area contributed by atoms with Crippen LogP contribution in [-0.4, -0.2) is 5.91 Å². The van der Waals surface area contributed by atoms with Gasteiger partial charge in [-0.05, 0) is 23.9 Å². The molecule has 0 fully saturated rings. The molecule has 0 spiro atoms. The summed E-state index contributed by atoms with van der Waals surface area (Å²) < 4.78 is 27.2. The molecule has 1 amide bonds. The SMILES string of the molecule is CCC(Nc1cc(C(N)=O)c(F)cc1F)c1cccs1. The number of thiophene rings is 1. The third kappa shape index (κ3) is 2.96. The molecule has 2 aromatic rings. The zero-order chi connectivity index (χ0) is 14.7. The van der Waals surface area contributed by atoms with Crippen molar-refractivity contribution in [3.05, 3.63) is 51.7 Å². The average molecular weight is 296 g/mol. The molecule has 106 valence electrons. The van der Waals surface area contributed by atoms with Crippen molar-refractivity contribution in [1.29, 1.82) is 0 Å². The Hall–Kier alpha value is -1.95. The van der Waals surface area contributed by atoms with Gasteiger partial charge >= 0.3 is 0 Å². The first-order valence-corrected chi connectivity index (χ1v) is 6.99. The molecule has 6 heteroatoms. The van der Waals surface area contributed by atoms with Crippen molar-refractivity contribution in [2.75, 3.05) is 5.32 Å². The van der Waals surface area contributed by atoms with Crippen LogP contribution in [-0.2, 0) is 0 Å². The maximum Gasteiger partial charge on any atom is 0.251 e. The summed E-state index contributed by atoms with van der Waals surface area (Å²) in [4.78, 5) is 12.1. The largest absolute Gasteiger partial charge is 0.375 e. The van der Waals surface area contributed by atoms with Crippen LogP contribution in [0.1, 0.15) is 34.6 Å². The summed E-state index contributed by atoms with van der Waals surface area (Å²) in [7, 11) is 0. The number of nitrogens with two attached hydrogens (primary N) is 1. The second-order valence-electron chi connectivity index (χ2n) is 4.30. The molecule has 1 aromatic carbocycles. The molecule has 0 saturated carbocycles. The van der Waals surface area contributed by atoms with Crippen molar-refractivity contribution in [2.24, 2.45) is 5.73 Å². The Balaban J connectivity index is 2.33. The second-order valence-corrected chi connectivity index (χ2v) is 5.28. The number of primary amides is 1. The maximum absolute atomic E-state index is 13.8. The van der Waals surface area contributed by atoms with Crippen molar-refractivity contribution >= 4 is 22.9 Å². The normalized spacial score (nSPS) is 12.2. The predicted molar refractivity (Wildman–Crippen MR) is 75.8 cm³/mol. The first-order chi connectivity index (χ1) is 9.52. The summed E-state index contributed by atoms with van der Waals surface area (Å²) in [5, 5.41) is 4.91. The van der Waals surface area contributed by atoms with E-state index in [9.17, 15) is 13.6 Å². The number of hydrogen-bond acceptors (Lipinski definition) is 3. The minimum Gasteiger partial charge on any atom is -0.375 e. The first kappa shape index (κ1) is 14.5. The van der Waals surface area contributed by atoms with Crippen LogP contribution in [0.15, 0.2) is 29.6 Å². The number of anilines is 1. The van der Waals surface area contributed by atoms with Gasteiger partial charge in [-0.1, -0.05) is 13.0 Å². The molecule has 0 saturated heterocycles. The average Bonchev–Trinajstić information content (AvgIpc) is 2.91. The molecule has 3 N–H and O–H groups in total. The van der Waals surface area contributed by atoms with Crippen LogP contribution < -0.4 is 11.1 Å². The molecule has 0 aliphatic rings. The number of carbonyl (C=O) groups is 1. The van der Waals surface area contributed by atoms with Gasteiger partial charge in [0, 0.05) is 10.9 Å². The van der Waals surface area contributed by atoms with Gasteiger partial charge in [-0.15, -0.1) is 11.3 Å². The third-order valence-corrected chi connectivity index (χ3v) is 3.93. The van der Waals surface area contributed by atoms with Gasteiger partial charge in [-0.2, -0.15) is 0 Å². The van der Waals surface area contributed by atoms with Crippen LogP contribution in [0.25, 0.3) is 0 Å². The summed E-state index contributed by atoms with van der Waals surface area (Å²) in [5.41, 5.74) is 4.81. The van der Waals surface area contributed by atoms with Crippen LogP contribution in [0, 0.1) is 11.6 Å². The highest BCUT2D eigenvalue weighted by Crippen LogP contribution is 2.28.